The van der Waals surface area contributed by atoms with Gasteiger partial charge in [-0.25, -0.2) is 0 Å². The van der Waals surface area contributed by atoms with Gasteiger partial charge in [-0.2, -0.15) is 0 Å². The molecule has 3 heteroatoms. The summed E-state index contributed by atoms with van der Waals surface area (Å²) in [7, 11) is 0. The molecule has 1 aliphatic carbocycles. The maximum absolute atomic E-state index is 12.1. The number of fused-ring (bicyclic) bond motifs is 1. The highest BCUT2D eigenvalue weighted by molar-refractivity contribution is 5.78. The highest BCUT2D eigenvalue weighted by atomic mass is 16.1. The molecule has 112 valence electrons. The van der Waals surface area contributed by atoms with Crippen molar-refractivity contribution < 1.29 is 0 Å². The van der Waals surface area contributed by atoms with Gasteiger partial charge in [0.05, 0.1) is 0 Å². The molecule has 3 nitrogen and oxygen atoms in total. The van der Waals surface area contributed by atoms with Gasteiger partial charge < -0.3 is 10.3 Å². The summed E-state index contributed by atoms with van der Waals surface area (Å²) in [5.74, 6) is 1.52. The van der Waals surface area contributed by atoms with E-state index in [-0.39, 0.29) is 5.56 Å². The van der Waals surface area contributed by atoms with E-state index in [1.165, 1.54) is 19.3 Å². The Bertz CT molecular complexity index is 676. The van der Waals surface area contributed by atoms with Crippen LogP contribution in [0, 0.1) is 11.8 Å². The van der Waals surface area contributed by atoms with E-state index in [9.17, 15) is 4.79 Å². The Morgan fingerprint density at radius 2 is 2.05 bits per heavy atom. The Labute approximate surface area is 125 Å². The second kappa shape index (κ2) is 6.02. The Morgan fingerprint density at radius 1 is 1.24 bits per heavy atom. The van der Waals surface area contributed by atoms with Crippen molar-refractivity contribution in [3.8, 4) is 0 Å². The van der Waals surface area contributed by atoms with Gasteiger partial charge in [-0.15, -0.1) is 0 Å². The number of pyridine rings is 1. The van der Waals surface area contributed by atoms with E-state index in [1.807, 2.05) is 30.3 Å². The van der Waals surface area contributed by atoms with Crippen LogP contribution in [0.4, 0.5) is 0 Å². The average Bonchev–Trinajstić information content (AvgIpc) is 2.46. The van der Waals surface area contributed by atoms with Crippen LogP contribution in [-0.2, 0) is 6.54 Å². The summed E-state index contributed by atoms with van der Waals surface area (Å²) in [6.07, 6.45) is 3.79. The zero-order valence-corrected chi connectivity index (χ0v) is 12.9. The molecule has 1 fully saturated rings. The molecule has 2 N–H and O–H groups in total. The Morgan fingerprint density at radius 3 is 2.86 bits per heavy atom. The number of benzene rings is 1. The summed E-state index contributed by atoms with van der Waals surface area (Å²) in [5, 5.41) is 4.69. The van der Waals surface area contributed by atoms with E-state index >= 15 is 0 Å². The first kappa shape index (κ1) is 14.3. The SMILES string of the molecule is CC1CCC(NCc2cc3ccccc3[nH]c2=O)C(C)C1. The topological polar surface area (TPSA) is 44.9 Å². The summed E-state index contributed by atoms with van der Waals surface area (Å²) in [6, 6.07) is 10.5. The zero-order chi connectivity index (χ0) is 14.8. The lowest BCUT2D eigenvalue weighted by Gasteiger charge is -2.33. The molecule has 1 heterocycles. The van der Waals surface area contributed by atoms with Gasteiger partial charge in [0, 0.05) is 23.7 Å². The molecule has 0 aliphatic heterocycles. The Balaban J connectivity index is 1.73. The lowest BCUT2D eigenvalue weighted by molar-refractivity contribution is 0.227. The quantitative estimate of drug-likeness (QED) is 0.907. The Hall–Kier alpha value is -1.61. The minimum absolute atomic E-state index is 0.0260. The second-order valence-electron chi connectivity index (χ2n) is 6.59. The molecule has 21 heavy (non-hydrogen) atoms. The number of hydrogen-bond acceptors (Lipinski definition) is 2. The molecule has 0 amide bonds. The van der Waals surface area contributed by atoms with Gasteiger partial charge in [0.1, 0.15) is 0 Å². The summed E-state index contributed by atoms with van der Waals surface area (Å²) in [4.78, 5) is 15.1. The molecule has 1 aromatic carbocycles. The lowest BCUT2D eigenvalue weighted by atomic mass is 9.80. The molecular formula is C18H24N2O. The molecule has 0 spiro atoms. The second-order valence-corrected chi connectivity index (χ2v) is 6.59. The third kappa shape index (κ3) is 3.18. The summed E-state index contributed by atoms with van der Waals surface area (Å²) >= 11 is 0. The van der Waals surface area contributed by atoms with Crippen molar-refractivity contribution in [2.24, 2.45) is 11.8 Å². The normalized spacial score (nSPS) is 26.1. The van der Waals surface area contributed by atoms with Crippen LogP contribution < -0.4 is 10.9 Å². The molecule has 2 aromatic rings. The number of H-pyrrole nitrogens is 1. The molecule has 1 saturated carbocycles. The van der Waals surface area contributed by atoms with E-state index in [0.717, 1.165) is 22.4 Å². The van der Waals surface area contributed by atoms with Crippen LogP contribution in [0.5, 0.6) is 0 Å². The van der Waals surface area contributed by atoms with E-state index < -0.39 is 0 Å². The minimum Gasteiger partial charge on any atom is -0.322 e. The van der Waals surface area contributed by atoms with Crippen LogP contribution in [0.3, 0.4) is 0 Å². The van der Waals surface area contributed by atoms with Crippen molar-refractivity contribution in [1.29, 1.82) is 0 Å². The van der Waals surface area contributed by atoms with Crippen LogP contribution in [0.2, 0.25) is 0 Å². The van der Waals surface area contributed by atoms with Gasteiger partial charge in [-0.1, -0.05) is 32.0 Å². The predicted octanol–water partition coefficient (Wildman–Crippen LogP) is 3.44. The molecule has 3 rings (SSSR count). The van der Waals surface area contributed by atoms with Crippen molar-refractivity contribution in [3.63, 3.8) is 0 Å². The van der Waals surface area contributed by atoms with Crippen molar-refractivity contribution in [2.45, 2.75) is 45.7 Å². The van der Waals surface area contributed by atoms with Crippen molar-refractivity contribution >= 4 is 10.9 Å². The van der Waals surface area contributed by atoms with Crippen LogP contribution >= 0.6 is 0 Å². The smallest absolute Gasteiger partial charge is 0.252 e. The Kier molecular flexibility index (Phi) is 4.11. The van der Waals surface area contributed by atoms with E-state index in [0.29, 0.717) is 18.5 Å². The lowest BCUT2D eigenvalue weighted by Crippen LogP contribution is -2.39. The van der Waals surface area contributed by atoms with Gasteiger partial charge in [0.25, 0.3) is 5.56 Å². The largest absolute Gasteiger partial charge is 0.322 e. The molecule has 0 bridgehead atoms. The zero-order valence-electron chi connectivity index (χ0n) is 12.9. The summed E-state index contributed by atoms with van der Waals surface area (Å²) in [6.45, 7) is 5.31. The highest BCUT2D eigenvalue weighted by Crippen LogP contribution is 2.28. The molecular weight excluding hydrogens is 260 g/mol. The number of aromatic amines is 1. The highest BCUT2D eigenvalue weighted by Gasteiger charge is 2.24. The number of para-hydroxylation sites is 1. The summed E-state index contributed by atoms with van der Waals surface area (Å²) < 4.78 is 0. The number of rotatable bonds is 3. The first-order valence-electron chi connectivity index (χ1n) is 7.98. The van der Waals surface area contributed by atoms with Gasteiger partial charge in [-0.05, 0) is 48.6 Å². The monoisotopic (exact) mass is 284 g/mol. The van der Waals surface area contributed by atoms with E-state index in [4.69, 9.17) is 0 Å². The molecule has 1 aromatic heterocycles. The van der Waals surface area contributed by atoms with E-state index in [2.05, 4.69) is 24.1 Å². The summed E-state index contributed by atoms with van der Waals surface area (Å²) in [5.41, 5.74) is 1.77. The standard InChI is InChI=1S/C18H24N2O/c1-12-7-8-16(13(2)9-12)19-11-15-10-14-5-3-4-6-17(14)20-18(15)21/h3-6,10,12-13,16,19H,7-9,11H2,1-2H3,(H,20,21). The van der Waals surface area contributed by atoms with Crippen LogP contribution in [0.25, 0.3) is 10.9 Å². The fraction of sp³-hybridized carbons (Fsp3) is 0.500. The third-order valence-corrected chi connectivity index (χ3v) is 4.82. The molecule has 0 saturated heterocycles. The first-order valence-corrected chi connectivity index (χ1v) is 7.98. The average molecular weight is 284 g/mol. The van der Waals surface area contributed by atoms with Crippen LogP contribution in [0.15, 0.2) is 35.1 Å². The maximum atomic E-state index is 12.1. The van der Waals surface area contributed by atoms with Gasteiger partial charge >= 0.3 is 0 Å². The molecule has 3 unspecified atom stereocenters. The van der Waals surface area contributed by atoms with Crippen molar-refractivity contribution in [2.75, 3.05) is 0 Å². The molecule has 0 radical (unpaired) electrons. The third-order valence-electron chi connectivity index (χ3n) is 4.82. The first-order chi connectivity index (χ1) is 10.1. The predicted molar refractivity (Wildman–Crippen MR) is 87.4 cm³/mol. The van der Waals surface area contributed by atoms with E-state index in [1.54, 1.807) is 0 Å². The maximum Gasteiger partial charge on any atom is 0.252 e. The fourth-order valence-corrected chi connectivity index (χ4v) is 3.53. The van der Waals surface area contributed by atoms with Crippen LogP contribution in [-0.4, -0.2) is 11.0 Å². The number of nitrogens with one attached hydrogen (secondary N) is 2. The van der Waals surface area contributed by atoms with Gasteiger partial charge in [0.2, 0.25) is 0 Å². The minimum atomic E-state index is 0.0260. The van der Waals surface area contributed by atoms with Gasteiger partial charge in [0.15, 0.2) is 0 Å². The molecule has 1 aliphatic rings. The van der Waals surface area contributed by atoms with Gasteiger partial charge in [-0.3, -0.25) is 4.79 Å². The van der Waals surface area contributed by atoms with Crippen LogP contribution in [0.1, 0.15) is 38.7 Å². The van der Waals surface area contributed by atoms with Crippen molar-refractivity contribution in [3.05, 3.63) is 46.2 Å². The fourth-order valence-electron chi connectivity index (χ4n) is 3.53. The number of aromatic nitrogens is 1. The number of hydrogen-bond donors (Lipinski definition) is 2. The molecule has 3 atom stereocenters. The van der Waals surface area contributed by atoms with Crippen molar-refractivity contribution in [1.82, 2.24) is 10.3 Å².